The molecule has 0 aromatic heterocycles. The van der Waals surface area contributed by atoms with Crippen LogP contribution in [0.1, 0.15) is 33.1 Å². The minimum atomic E-state index is -0.723. The predicted octanol–water partition coefficient (Wildman–Crippen LogP) is 2.15. The average molecular weight is 168 g/mol. The SMILES string of the molecule is C#CCCC(C(=O)O)C(C)CC. The first-order valence-corrected chi connectivity index (χ1v) is 4.29. The summed E-state index contributed by atoms with van der Waals surface area (Å²) >= 11 is 0. The maximum absolute atomic E-state index is 10.7. The molecule has 0 aromatic rings. The zero-order valence-corrected chi connectivity index (χ0v) is 7.71. The Morgan fingerprint density at radius 2 is 2.25 bits per heavy atom. The zero-order valence-electron chi connectivity index (χ0n) is 7.71. The summed E-state index contributed by atoms with van der Waals surface area (Å²) in [6.07, 6.45) is 7.12. The van der Waals surface area contributed by atoms with Gasteiger partial charge in [0.25, 0.3) is 0 Å². The summed E-state index contributed by atoms with van der Waals surface area (Å²) < 4.78 is 0. The van der Waals surface area contributed by atoms with Crippen LogP contribution in [0.2, 0.25) is 0 Å². The van der Waals surface area contributed by atoms with Crippen molar-refractivity contribution in [1.82, 2.24) is 0 Å². The molecule has 12 heavy (non-hydrogen) atoms. The van der Waals surface area contributed by atoms with E-state index in [2.05, 4.69) is 5.92 Å². The van der Waals surface area contributed by atoms with Crippen molar-refractivity contribution in [1.29, 1.82) is 0 Å². The second-order valence-corrected chi connectivity index (χ2v) is 3.07. The molecule has 1 N–H and O–H groups in total. The molecule has 0 aromatic carbocycles. The van der Waals surface area contributed by atoms with Gasteiger partial charge in [-0.1, -0.05) is 20.3 Å². The molecule has 0 bridgehead atoms. The fourth-order valence-electron chi connectivity index (χ4n) is 1.17. The number of terminal acetylenes is 1. The van der Waals surface area contributed by atoms with Crippen molar-refractivity contribution in [2.75, 3.05) is 0 Å². The lowest BCUT2D eigenvalue weighted by Gasteiger charge is -2.16. The van der Waals surface area contributed by atoms with Crippen LogP contribution in [0.15, 0.2) is 0 Å². The third kappa shape index (κ3) is 3.43. The van der Waals surface area contributed by atoms with Crippen molar-refractivity contribution < 1.29 is 9.90 Å². The molecule has 0 fully saturated rings. The Morgan fingerprint density at radius 3 is 2.58 bits per heavy atom. The van der Waals surface area contributed by atoms with Gasteiger partial charge in [0.1, 0.15) is 0 Å². The minimum absolute atomic E-state index is 0.218. The maximum Gasteiger partial charge on any atom is 0.306 e. The monoisotopic (exact) mass is 168 g/mol. The fraction of sp³-hybridized carbons (Fsp3) is 0.700. The van der Waals surface area contributed by atoms with Crippen LogP contribution in [0.25, 0.3) is 0 Å². The summed E-state index contributed by atoms with van der Waals surface area (Å²) in [5.74, 6) is 1.69. The van der Waals surface area contributed by atoms with Crippen molar-refractivity contribution in [3.8, 4) is 12.3 Å². The Hall–Kier alpha value is -0.970. The highest BCUT2D eigenvalue weighted by atomic mass is 16.4. The second kappa shape index (κ2) is 5.65. The lowest BCUT2D eigenvalue weighted by molar-refractivity contribution is -0.143. The van der Waals surface area contributed by atoms with E-state index < -0.39 is 5.97 Å². The lowest BCUT2D eigenvalue weighted by atomic mass is 9.88. The number of carboxylic acids is 1. The Kier molecular flexibility index (Phi) is 5.19. The zero-order chi connectivity index (χ0) is 9.56. The van der Waals surface area contributed by atoms with Crippen LogP contribution in [0.5, 0.6) is 0 Å². The standard InChI is InChI=1S/C10H16O2/c1-4-6-7-9(10(11)12)8(3)5-2/h1,8-9H,5-7H2,2-3H3,(H,11,12). The summed E-state index contributed by atoms with van der Waals surface area (Å²) in [5.41, 5.74) is 0. The Labute approximate surface area is 74.0 Å². The molecule has 0 amide bonds. The summed E-state index contributed by atoms with van der Waals surface area (Å²) in [7, 11) is 0. The maximum atomic E-state index is 10.7. The van der Waals surface area contributed by atoms with E-state index in [1.807, 2.05) is 13.8 Å². The molecule has 2 unspecified atom stereocenters. The van der Waals surface area contributed by atoms with Gasteiger partial charge in [-0.25, -0.2) is 0 Å². The summed E-state index contributed by atoms with van der Waals surface area (Å²) in [4.78, 5) is 10.7. The van der Waals surface area contributed by atoms with Gasteiger partial charge < -0.3 is 5.11 Å². The number of rotatable bonds is 5. The van der Waals surface area contributed by atoms with Gasteiger partial charge in [-0.2, -0.15) is 0 Å². The molecular weight excluding hydrogens is 152 g/mol. The molecule has 0 heterocycles. The van der Waals surface area contributed by atoms with E-state index in [-0.39, 0.29) is 11.8 Å². The third-order valence-electron chi connectivity index (χ3n) is 2.25. The van der Waals surface area contributed by atoms with Crippen LogP contribution in [0.4, 0.5) is 0 Å². The highest BCUT2D eigenvalue weighted by molar-refractivity contribution is 5.70. The summed E-state index contributed by atoms with van der Waals surface area (Å²) in [5, 5.41) is 8.83. The highest BCUT2D eigenvalue weighted by Gasteiger charge is 2.22. The predicted molar refractivity (Wildman–Crippen MR) is 48.6 cm³/mol. The van der Waals surface area contributed by atoms with Gasteiger partial charge in [-0.3, -0.25) is 4.79 Å². The molecule has 0 spiro atoms. The molecular formula is C10H16O2. The molecule has 0 saturated heterocycles. The van der Waals surface area contributed by atoms with Crippen molar-refractivity contribution in [2.24, 2.45) is 11.8 Å². The van der Waals surface area contributed by atoms with Crippen LogP contribution in [0.3, 0.4) is 0 Å². The van der Waals surface area contributed by atoms with Crippen LogP contribution in [0, 0.1) is 24.2 Å². The number of hydrogen-bond acceptors (Lipinski definition) is 1. The van der Waals surface area contributed by atoms with Crippen molar-refractivity contribution in [3.63, 3.8) is 0 Å². The van der Waals surface area contributed by atoms with Gasteiger partial charge >= 0.3 is 5.97 Å². The quantitative estimate of drug-likeness (QED) is 0.638. The normalized spacial score (nSPS) is 14.8. The minimum Gasteiger partial charge on any atom is -0.481 e. The van der Waals surface area contributed by atoms with Gasteiger partial charge in [-0.05, 0) is 12.3 Å². The van der Waals surface area contributed by atoms with E-state index in [0.717, 1.165) is 6.42 Å². The van der Waals surface area contributed by atoms with Gasteiger partial charge in [-0.15, -0.1) is 12.3 Å². The van der Waals surface area contributed by atoms with Crippen LogP contribution >= 0.6 is 0 Å². The number of hydrogen-bond donors (Lipinski definition) is 1. The van der Waals surface area contributed by atoms with Crippen molar-refractivity contribution >= 4 is 5.97 Å². The third-order valence-corrected chi connectivity index (χ3v) is 2.25. The van der Waals surface area contributed by atoms with E-state index in [1.54, 1.807) is 0 Å². The molecule has 0 rings (SSSR count). The molecule has 2 heteroatoms. The van der Waals surface area contributed by atoms with E-state index in [4.69, 9.17) is 11.5 Å². The first kappa shape index (κ1) is 11.0. The summed E-state index contributed by atoms with van der Waals surface area (Å²) in [6, 6.07) is 0. The van der Waals surface area contributed by atoms with Crippen LogP contribution in [-0.4, -0.2) is 11.1 Å². The molecule has 68 valence electrons. The van der Waals surface area contributed by atoms with Gasteiger partial charge in [0.2, 0.25) is 0 Å². The lowest BCUT2D eigenvalue weighted by Crippen LogP contribution is -2.20. The van der Waals surface area contributed by atoms with Crippen LogP contribution < -0.4 is 0 Å². The molecule has 2 atom stereocenters. The molecule has 0 saturated carbocycles. The largest absolute Gasteiger partial charge is 0.481 e. The summed E-state index contributed by atoms with van der Waals surface area (Å²) in [6.45, 7) is 3.95. The van der Waals surface area contributed by atoms with Gasteiger partial charge in [0, 0.05) is 6.42 Å². The van der Waals surface area contributed by atoms with Crippen molar-refractivity contribution in [3.05, 3.63) is 0 Å². The Morgan fingerprint density at radius 1 is 1.67 bits per heavy atom. The van der Waals surface area contributed by atoms with E-state index in [0.29, 0.717) is 12.8 Å². The Bertz CT molecular complexity index is 179. The molecule has 0 aliphatic carbocycles. The molecule has 0 aliphatic heterocycles. The van der Waals surface area contributed by atoms with E-state index in [9.17, 15) is 4.79 Å². The van der Waals surface area contributed by atoms with Crippen LogP contribution in [-0.2, 0) is 4.79 Å². The van der Waals surface area contributed by atoms with Crippen molar-refractivity contribution in [2.45, 2.75) is 33.1 Å². The first-order chi connectivity index (χ1) is 5.63. The number of aliphatic carboxylic acids is 1. The molecule has 0 radical (unpaired) electrons. The number of carboxylic acid groups (broad SMARTS) is 1. The van der Waals surface area contributed by atoms with E-state index >= 15 is 0 Å². The smallest absolute Gasteiger partial charge is 0.306 e. The first-order valence-electron chi connectivity index (χ1n) is 4.29. The van der Waals surface area contributed by atoms with E-state index in [1.165, 1.54) is 0 Å². The molecule has 0 aliphatic rings. The topological polar surface area (TPSA) is 37.3 Å². The highest BCUT2D eigenvalue weighted by Crippen LogP contribution is 2.20. The van der Waals surface area contributed by atoms with Gasteiger partial charge in [0.15, 0.2) is 0 Å². The van der Waals surface area contributed by atoms with Gasteiger partial charge in [0.05, 0.1) is 5.92 Å². The fourth-order valence-corrected chi connectivity index (χ4v) is 1.17. The average Bonchev–Trinajstić information content (AvgIpc) is 2.04. The number of carbonyl (C=O) groups is 1. The second-order valence-electron chi connectivity index (χ2n) is 3.07. The molecule has 2 nitrogen and oxygen atoms in total. The Balaban J connectivity index is 4.05.